The van der Waals surface area contributed by atoms with Crippen molar-refractivity contribution in [2.24, 2.45) is 11.8 Å². The first-order chi connectivity index (χ1) is 12.2. The zero-order chi connectivity index (χ0) is 17.2. The number of aromatic nitrogens is 5. The zero-order valence-corrected chi connectivity index (χ0v) is 14.6. The second kappa shape index (κ2) is 6.85. The topological polar surface area (TPSA) is 80.9 Å². The first-order valence-corrected chi connectivity index (χ1v) is 9.13. The summed E-state index contributed by atoms with van der Waals surface area (Å²) in [4.78, 5) is 14.5. The summed E-state index contributed by atoms with van der Waals surface area (Å²) in [5.74, 6) is 1.15. The Kier molecular flexibility index (Phi) is 4.42. The van der Waals surface area contributed by atoms with Gasteiger partial charge in [0.1, 0.15) is 0 Å². The smallest absolute Gasteiger partial charge is 0.321 e. The van der Waals surface area contributed by atoms with Gasteiger partial charge in [0.2, 0.25) is 0 Å². The quantitative estimate of drug-likeness (QED) is 0.904. The summed E-state index contributed by atoms with van der Waals surface area (Å²) in [5, 5.41) is 15.3. The van der Waals surface area contributed by atoms with Crippen LogP contribution in [0.1, 0.15) is 38.6 Å². The third-order valence-corrected chi connectivity index (χ3v) is 5.30. The number of likely N-dealkylation sites (tertiary alicyclic amines) is 1. The molecule has 8 nitrogen and oxygen atoms in total. The van der Waals surface area contributed by atoms with Gasteiger partial charge in [-0.25, -0.2) is 4.79 Å². The molecule has 3 heterocycles. The first-order valence-electron chi connectivity index (χ1n) is 9.13. The molecule has 25 heavy (non-hydrogen) atoms. The van der Waals surface area contributed by atoms with E-state index >= 15 is 0 Å². The number of amides is 2. The van der Waals surface area contributed by atoms with Gasteiger partial charge in [0.05, 0.1) is 24.1 Å². The zero-order valence-electron chi connectivity index (χ0n) is 14.6. The van der Waals surface area contributed by atoms with Crippen LogP contribution in [0.5, 0.6) is 0 Å². The van der Waals surface area contributed by atoms with Gasteiger partial charge in [-0.05, 0) is 44.4 Å². The van der Waals surface area contributed by atoms with E-state index in [1.54, 1.807) is 12.4 Å². The van der Waals surface area contributed by atoms with E-state index in [-0.39, 0.29) is 6.03 Å². The Morgan fingerprint density at radius 2 is 2.28 bits per heavy atom. The molecule has 1 aliphatic carbocycles. The van der Waals surface area contributed by atoms with E-state index in [9.17, 15) is 4.79 Å². The van der Waals surface area contributed by atoms with Crippen molar-refractivity contribution < 1.29 is 4.79 Å². The summed E-state index contributed by atoms with van der Waals surface area (Å²) in [7, 11) is 0. The Morgan fingerprint density at radius 3 is 3.04 bits per heavy atom. The van der Waals surface area contributed by atoms with Crippen molar-refractivity contribution >= 4 is 11.7 Å². The number of hydrogen-bond acceptors (Lipinski definition) is 4. The van der Waals surface area contributed by atoms with E-state index in [0.29, 0.717) is 12.0 Å². The lowest BCUT2D eigenvalue weighted by Gasteiger charge is -2.32. The van der Waals surface area contributed by atoms with Gasteiger partial charge < -0.3 is 10.2 Å². The number of hydrogen-bond donors (Lipinski definition) is 1. The highest BCUT2D eigenvalue weighted by molar-refractivity contribution is 5.89. The Morgan fingerprint density at radius 1 is 1.40 bits per heavy atom. The summed E-state index contributed by atoms with van der Waals surface area (Å²) in [6.45, 7) is 4.54. The third-order valence-electron chi connectivity index (χ3n) is 5.30. The number of rotatable bonds is 5. The van der Waals surface area contributed by atoms with Gasteiger partial charge in [0, 0.05) is 32.0 Å². The molecule has 0 aromatic carbocycles. The molecular weight excluding hydrogens is 318 g/mol. The second-order valence-corrected chi connectivity index (χ2v) is 7.30. The minimum absolute atomic E-state index is 0.0399. The average molecular weight is 343 g/mol. The lowest BCUT2D eigenvalue weighted by Crippen LogP contribution is -2.43. The van der Waals surface area contributed by atoms with Gasteiger partial charge in [-0.2, -0.15) is 5.10 Å². The van der Waals surface area contributed by atoms with E-state index < -0.39 is 0 Å². The molecule has 0 spiro atoms. The van der Waals surface area contributed by atoms with E-state index in [2.05, 4.69) is 27.7 Å². The molecule has 0 unspecified atom stereocenters. The maximum absolute atomic E-state index is 12.6. The van der Waals surface area contributed by atoms with Crippen molar-refractivity contribution in [3.63, 3.8) is 0 Å². The highest BCUT2D eigenvalue weighted by Gasteiger charge is 2.30. The number of nitrogens with one attached hydrogen (secondary N) is 1. The fourth-order valence-corrected chi connectivity index (χ4v) is 3.62. The van der Waals surface area contributed by atoms with Crippen LogP contribution in [-0.4, -0.2) is 48.8 Å². The number of carbonyl (C=O) groups is 1. The van der Waals surface area contributed by atoms with Crippen LogP contribution in [0.25, 0.3) is 0 Å². The predicted octanol–water partition coefficient (Wildman–Crippen LogP) is 2.39. The van der Waals surface area contributed by atoms with Crippen molar-refractivity contribution in [1.29, 1.82) is 0 Å². The standard InChI is InChI=1S/C17H25N7O/c1-13(15-4-5-15)24-12-16(9-19-24)20-17(25)22-7-2-3-14(10-22)11-23-8-6-18-21-23/h6,8-9,12-15H,2-5,7,10-11H2,1H3,(H,20,25)/t13-,14-/m1/s1. The van der Waals surface area contributed by atoms with Crippen LogP contribution < -0.4 is 5.32 Å². The van der Waals surface area contributed by atoms with Gasteiger partial charge in [-0.15, -0.1) is 5.10 Å². The molecule has 1 aliphatic heterocycles. The largest absolute Gasteiger partial charge is 0.324 e. The van der Waals surface area contributed by atoms with Gasteiger partial charge in [-0.1, -0.05) is 5.21 Å². The summed E-state index contributed by atoms with van der Waals surface area (Å²) in [5.41, 5.74) is 0.774. The van der Waals surface area contributed by atoms with Crippen LogP contribution in [0.4, 0.5) is 10.5 Å². The van der Waals surface area contributed by atoms with Crippen LogP contribution in [0, 0.1) is 11.8 Å². The van der Waals surface area contributed by atoms with Crippen LogP contribution in [0.3, 0.4) is 0 Å². The highest BCUT2D eigenvalue weighted by Crippen LogP contribution is 2.39. The van der Waals surface area contributed by atoms with Crippen molar-refractivity contribution in [2.75, 3.05) is 18.4 Å². The molecule has 1 saturated heterocycles. The maximum atomic E-state index is 12.6. The molecule has 2 aliphatic rings. The first kappa shape index (κ1) is 16.1. The van der Waals surface area contributed by atoms with Gasteiger partial charge in [0.25, 0.3) is 0 Å². The Balaban J connectivity index is 1.32. The van der Waals surface area contributed by atoms with E-state index in [1.807, 2.05) is 26.7 Å². The van der Waals surface area contributed by atoms with Crippen molar-refractivity contribution in [3.05, 3.63) is 24.8 Å². The van der Waals surface area contributed by atoms with Gasteiger partial charge in [-0.3, -0.25) is 9.36 Å². The normalized spacial score (nSPS) is 22.0. The molecule has 2 aromatic heterocycles. The minimum Gasteiger partial charge on any atom is -0.324 e. The Hall–Kier alpha value is -2.38. The highest BCUT2D eigenvalue weighted by atomic mass is 16.2. The van der Waals surface area contributed by atoms with Crippen LogP contribution in [0.15, 0.2) is 24.8 Å². The average Bonchev–Trinajstić information content (AvgIpc) is 3.15. The summed E-state index contributed by atoms with van der Waals surface area (Å²) in [6, 6.07) is 0.370. The molecule has 1 saturated carbocycles. The van der Waals surface area contributed by atoms with Gasteiger partial charge in [0.15, 0.2) is 0 Å². The van der Waals surface area contributed by atoms with Crippen LogP contribution >= 0.6 is 0 Å². The Labute approximate surface area is 147 Å². The number of anilines is 1. The summed E-state index contributed by atoms with van der Waals surface area (Å²) >= 11 is 0. The SMILES string of the molecule is C[C@H](C1CC1)n1cc(NC(=O)N2CCC[C@@H](Cn3ccnn3)C2)cn1. The second-order valence-electron chi connectivity index (χ2n) is 7.30. The molecule has 1 N–H and O–H groups in total. The molecule has 4 rings (SSSR count). The van der Waals surface area contributed by atoms with Crippen molar-refractivity contribution in [3.8, 4) is 0 Å². The van der Waals surface area contributed by atoms with E-state index in [4.69, 9.17) is 0 Å². The van der Waals surface area contributed by atoms with Gasteiger partial charge >= 0.3 is 6.03 Å². The van der Waals surface area contributed by atoms with E-state index in [1.165, 1.54) is 12.8 Å². The molecular formula is C17H25N7O. The monoisotopic (exact) mass is 343 g/mol. The molecule has 2 atom stereocenters. The van der Waals surface area contributed by atoms with Crippen molar-refractivity contribution in [1.82, 2.24) is 29.7 Å². The maximum Gasteiger partial charge on any atom is 0.321 e. The molecule has 8 heteroatoms. The number of nitrogens with zero attached hydrogens (tertiary/aromatic N) is 6. The lowest BCUT2D eigenvalue weighted by molar-refractivity contribution is 0.168. The lowest BCUT2D eigenvalue weighted by atomic mass is 9.98. The summed E-state index contributed by atoms with van der Waals surface area (Å²) < 4.78 is 3.81. The van der Waals surface area contributed by atoms with Crippen LogP contribution in [0.2, 0.25) is 0 Å². The summed E-state index contributed by atoms with van der Waals surface area (Å²) in [6.07, 6.45) is 11.9. The molecule has 134 valence electrons. The van der Waals surface area contributed by atoms with E-state index in [0.717, 1.165) is 44.1 Å². The van der Waals surface area contributed by atoms with Crippen LogP contribution in [-0.2, 0) is 6.54 Å². The predicted molar refractivity (Wildman–Crippen MR) is 93.0 cm³/mol. The Bertz CT molecular complexity index is 706. The molecule has 2 fully saturated rings. The number of piperidine rings is 1. The molecule has 2 aromatic rings. The number of urea groups is 1. The minimum atomic E-state index is -0.0399. The molecule has 0 bridgehead atoms. The molecule has 2 amide bonds. The van der Waals surface area contributed by atoms with Crippen molar-refractivity contribution in [2.45, 2.75) is 45.2 Å². The number of carbonyl (C=O) groups excluding carboxylic acids is 1. The third kappa shape index (κ3) is 3.83. The fraction of sp³-hybridized carbons (Fsp3) is 0.647. The fourth-order valence-electron chi connectivity index (χ4n) is 3.62. The molecule has 0 radical (unpaired) electrons.